The van der Waals surface area contributed by atoms with Crippen molar-refractivity contribution in [3.63, 3.8) is 0 Å². The third-order valence-corrected chi connectivity index (χ3v) is 3.79. The first-order valence-corrected chi connectivity index (χ1v) is 7.20. The van der Waals surface area contributed by atoms with Crippen LogP contribution in [0.1, 0.15) is 28.3 Å². The Kier molecular flexibility index (Phi) is 7.16. The summed E-state index contributed by atoms with van der Waals surface area (Å²) in [6.07, 6.45) is 2.66. The van der Waals surface area contributed by atoms with Gasteiger partial charge in [0.2, 0.25) is 0 Å². The fourth-order valence-corrected chi connectivity index (χ4v) is 2.50. The summed E-state index contributed by atoms with van der Waals surface area (Å²) in [5.74, 6) is -2.37. The number of rotatable bonds is 6. The van der Waals surface area contributed by atoms with Gasteiger partial charge in [-0.25, -0.2) is 4.79 Å². The molecule has 0 amide bonds. The van der Waals surface area contributed by atoms with Gasteiger partial charge in [-0.2, -0.15) is 0 Å². The molecule has 0 radical (unpaired) electrons. The Morgan fingerprint density at radius 1 is 1.21 bits per heavy atom. The first kappa shape index (κ1) is 19.9. The van der Waals surface area contributed by atoms with E-state index in [9.17, 15) is 9.59 Å². The number of hydrogen-bond donors (Lipinski definition) is 3. The van der Waals surface area contributed by atoms with Crippen LogP contribution in [0.3, 0.4) is 0 Å². The van der Waals surface area contributed by atoms with Crippen molar-refractivity contribution < 1.29 is 19.8 Å². The highest BCUT2D eigenvalue weighted by molar-refractivity contribution is 6.33. The van der Waals surface area contributed by atoms with E-state index in [0.29, 0.717) is 16.1 Å². The van der Waals surface area contributed by atoms with Crippen molar-refractivity contribution in [2.45, 2.75) is 12.3 Å². The molecule has 0 fully saturated rings. The van der Waals surface area contributed by atoms with Crippen LogP contribution >= 0.6 is 24.0 Å². The van der Waals surface area contributed by atoms with Crippen LogP contribution < -0.4 is 5.73 Å². The van der Waals surface area contributed by atoms with Gasteiger partial charge in [0.1, 0.15) is 0 Å². The van der Waals surface area contributed by atoms with E-state index in [1.54, 1.807) is 18.2 Å². The van der Waals surface area contributed by atoms with Crippen molar-refractivity contribution in [3.05, 3.63) is 52.8 Å². The zero-order chi connectivity index (χ0) is 17.0. The van der Waals surface area contributed by atoms with Gasteiger partial charge in [0.15, 0.2) is 0 Å². The maximum atomic E-state index is 11.1. The van der Waals surface area contributed by atoms with Crippen molar-refractivity contribution in [2.75, 3.05) is 6.54 Å². The molecule has 0 saturated heterocycles. The summed E-state index contributed by atoms with van der Waals surface area (Å²) in [5.41, 5.74) is 7.57. The number of benzene rings is 1. The van der Waals surface area contributed by atoms with Gasteiger partial charge >= 0.3 is 11.9 Å². The van der Waals surface area contributed by atoms with Gasteiger partial charge in [0, 0.05) is 34.5 Å². The quantitative estimate of drug-likeness (QED) is 0.719. The summed E-state index contributed by atoms with van der Waals surface area (Å²) in [7, 11) is 0. The lowest BCUT2D eigenvalue weighted by atomic mass is 9.93. The fraction of sp³-hybridized carbons (Fsp3) is 0.188. The van der Waals surface area contributed by atoms with Crippen molar-refractivity contribution in [3.8, 4) is 11.1 Å². The SMILES string of the molecule is Cl.NC[C@H](CC(=O)O)c1ccc(Cl)c(-c2cncc(C(=O)O)c2)c1. The third kappa shape index (κ3) is 4.67. The maximum Gasteiger partial charge on any atom is 0.337 e. The molecular weight excluding hydrogens is 355 g/mol. The molecule has 0 unspecified atom stereocenters. The predicted octanol–water partition coefficient (Wildman–Crippen LogP) is 3.04. The number of carboxylic acids is 2. The molecule has 8 heteroatoms. The summed E-state index contributed by atoms with van der Waals surface area (Å²) in [5, 5.41) is 18.4. The van der Waals surface area contributed by atoms with Gasteiger partial charge in [0.05, 0.1) is 12.0 Å². The molecule has 4 N–H and O–H groups in total. The first-order chi connectivity index (χ1) is 10.9. The average molecular weight is 371 g/mol. The van der Waals surface area contributed by atoms with E-state index in [4.69, 9.17) is 27.5 Å². The number of hydrogen-bond acceptors (Lipinski definition) is 4. The molecule has 2 aromatic rings. The number of carboxylic acid groups (broad SMARTS) is 2. The largest absolute Gasteiger partial charge is 0.481 e. The number of nitrogens with two attached hydrogens (primary N) is 1. The summed E-state index contributed by atoms with van der Waals surface area (Å²) in [6.45, 7) is 0.181. The second-order valence-corrected chi connectivity index (χ2v) is 5.44. The Balaban J connectivity index is 0.00000288. The minimum atomic E-state index is -1.09. The third-order valence-electron chi connectivity index (χ3n) is 3.46. The smallest absolute Gasteiger partial charge is 0.337 e. The summed E-state index contributed by atoms with van der Waals surface area (Å²) in [6, 6.07) is 6.56. The summed E-state index contributed by atoms with van der Waals surface area (Å²) < 4.78 is 0. The number of carbonyl (C=O) groups is 2. The molecule has 1 aromatic heterocycles. The molecule has 0 aliphatic heterocycles. The van der Waals surface area contributed by atoms with Gasteiger partial charge in [-0.1, -0.05) is 17.7 Å². The lowest BCUT2D eigenvalue weighted by molar-refractivity contribution is -0.137. The number of aromatic nitrogens is 1. The standard InChI is InChI=1S/C16H15ClN2O4.ClH/c17-14-2-1-9(10(6-18)5-15(20)21)4-13(14)11-3-12(16(22)23)8-19-7-11;/h1-4,7-8,10H,5-6,18H2,(H,20,21)(H,22,23);1H/t10-;/m0./s1. The van der Waals surface area contributed by atoms with Crippen molar-refractivity contribution in [2.24, 2.45) is 5.73 Å². The highest BCUT2D eigenvalue weighted by Crippen LogP contribution is 2.32. The van der Waals surface area contributed by atoms with Crippen LogP contribution in [0.4, 0.5) is 0 Å². The van der Waals surface area contributed by atoms with Gasteiger partial charge in [-0.3, -0.25) is 9.78 Å². The predicted molar refractivity (Wildman–Crippen MR) is 92.9 cm³/mol. The van der Waals surface area contributed by atoms with Crippen LogP contribution in [0, 0.1) is 0 Å². The number of halogens is 2. The molecule has 2 rings (SSSR count). The normalized spacial score (nSPS) is 11.4. The molecule has 0 spiro atoms. The Morgan fingerprint density at radius 2 is 1.92 bits per heavy atom. The number of pyridine rings is 1. The second kappa shape index (κ2) is 8.63. The van der Waals surface area contributed by atoms with Crippen LogP contribution in [0.15, 0.2) is 36.7 Å². The first-order valence-electron chi connectivity index (χ1n) is 6.82. The minimum absolute atomic E-state index is 0. The Bertz CT molecular complexity index is 753. The van der Waals surface area contributed by atoms with Gasteiger partial charge in [0.25, 0.3) is 0 Å². The molecule has 0 aliphatic carbocycles. The molecule has 128 valence electrons. The molecule has 1 atom stereocenters. The highest BCUT2D eigenvalue weighted by atomic mass is 35.5. The molecule has 1 heterocycles. The molecule has 0 aliphatic rings. The zero-order valence-corrected chi connectivity index (χ0v) is 14.0. The van der Waals surface area contributed by atoms with Crippen LogP contribution in [0.2, 0.25) is 5.02 Å². The molecule has 1 aromatic carbocycles. The van der Waals surface area contributed by atoms with Gasteiger partial charge < -0.3 is 15.9 Å². The highest BCUT2D eigenvalue weighted by Gasteiger charge is 2.16. The Morgan fingerprint density at radius 3 is 2.50 bits per heavy atom. The van der Waals surface area contributed by atoms with Gasteiger partial charge in [-0.05, 0) is 30.3 Å². The number of aliphatic carboxylic acids is 1. The topological polar surface area (TPSA) is 114 Å². The monoisotopic (exact) mass is 370 g/mol. The lowest BCUT2D eigenvalue weighted by Gasteiger charge is -2.15. The molecule has 6 nitrogen and oxygen atoms in total. The second-order valence-electron chi connectivity index (χ2n) is 5.04. The van der Waals surface area contributed by atoms with E-state index in [2.05, 4.69) is 4.98 Å². The summed E-state index contributed by atoms with van der Waals surface area (Å²) in [4.78, 5) is 25.9. The van der Waals surface area contributed by atoms with Crippen LogP contribution in [-0.4, -0.2) is 33.7 Å². The van der Waals surface area contributed by atoms with E-state index in [1.807, 2.05) is 0 Å². The molecule has 0 bridgehead atoms. The summed E-state index contributed by atoms with van der Waals surface area (Å²) >= 11 is 6.19. The van der Waals surface area contributed by atoms with Crippen LogP contribution in [0.5, 0.6) is 0 Å². The molecular formula is C16H16Cl2N2O4. The van der Waals surface area contributed by atoms with Crippen LogP contribution in [0.25, 0.3) is 11.1 Å². The van der Waals surface area contributed by atoms with Crippen LogP contribution in [-0.2, 0) is 4.79 Å². The average Bonchev–Trinajstić information content (AvgIpc) is 2.53. The zero-order valence-electron chi connectivity index (χ0n) is 12.5. The van der Waals surface area contributed by atoms with E-state index in [1.165, 1.54) is 18.5 Å². The van der Waals surface area contributed by atoms with Crippen molar-refractivity contribution in [1.29, 1.82) is 0 Å². The van der Waals surface area contributed by atoms with Crippen molar-refractivity contribution >= 4 is 35.9 Å². The molecule has 0 saturated carbocycles. The minimum Gasteiger partial charge on any atom is -0.481 e. The van der Waals surface area contributed by atoms with E-state index >= 15 is 0 Å². The Hall–Kier alpha value is -2.15. The van der Waals surface area contributed by atoms with Crippen molar-refractivity contribution in [1.82, 2.24) is 4.98 Å². The maximum absolute atomic E-state index is 11.1. The van der Waals surface area contributed by atoms with E-state index < -0.39 is 11.9 Å². The Labute approximate surface area is 149 Å². The molecule has 24 heavy (non-hydrogen) atoms. The fourth-order valence-electron chi connectivity index (χ4n) is 2.27. The number of aromatic carboxylic acids is 1. The van der Waals surface area contributed by atoms with E-state index in [-0.39, 0.29) is 36.9 Å². The van der Waals surface area contributed by atoms with E-state index in [0.717, 1.165) is 5.56 Å². The number of nitrogens with zero attached hydrogens (tertiary/aromatic N) is 1. The lowest BCUT2D eigenvalue weighted by Crippen LogP contribution is -2.16. The van der Waals surface area contributed by atoms with Gasteiger partial charge in [-0.15, -0.1) is 12.4 Å².